The number of carbonyl (C=O) groups excluding carboxylic acids is 1. The van der Waals surface area contributed by atoms with Gasteiger partial charge in [-0.25, -0.2) is 4.52 Å². The number of rotatable bonds is 8. The van der Waals surface area contributed by atoms with E-state index in [2.05, 4.69) is 37.1 Å². The normalized spacial score (nSPS) is 12.4. The summed E-state index contributed by atoms with van der Waals surface area (Å²) < 4.78 is 4.00. The van der Waals surface area contributed by atoms with Crippen LogP contribution in [0.1, 0.15) is 62.9 Å². The van der Waals surface area contributed by atoms with E-state index in [0.717, 1.165) is 53.5 Å². The van der Waals surface area contributed by atoms with E-state index in [-0.39, 0.29) is 11.5 Å². The highest BCUT2D eigenvalue weighted by Crippen LogP contribution is 2.28. The van der Waals surface area contributed by atoms with Gasteiger partial charge in [0.1, 0.15) is 6.04 Å². The van der Waals surface area contributed by atoms with E-state index in [0.29, 0.717) is 12.1 Å². The van der Waals surface area contributed by atoms with Gasteiger partial charge < -0.3 is 5.32 Å². The molecule has 0 aliphatic heterocycles. The van der Waals surface area contributed by atoms with Crippen LogP contribution in [0.4, 0.5) is 5.69 Å². The number of nitrogens with zero attached hydrogens (tertiary/aromatic N) is 3. The van der Waals surface area contributed by atoms with Gasteiger partial charge in [-0.3, -0.25) is 14.3 Å². The van der Waals surface area contributed by atoms with E-state index in [1.54, 1.807) is 6.07 Å². The lowest BCUT2D eigenvalue weighted by Crippen LogP contribution is -2.29. The Bertz CT molecular complexity index is 1370. The largest absolute Gasteiger partial charge is 0.324 e. The summed E-state index contributed by atoms with van der Waals surface area (Å²) in [4.78, 5) is 30.4. The zero-order valence-corrected chi connectivity index (χ0v) is 19.9. The first-order chi connectivity index (χ1) is 16.0. The van der Waals surface area contributed by atoms with Crippen molar-refractivity contribution in [3.8, 4) is 0 Å². The van der Waals surface area contributed by atoms with Crippen molar-refractivity contribution in [2.75, 3.05) is 5.32 Å². The number of fused-ring (bicyclic) bond motifs is 3. The van der Waals surface area contributed by atoms with Crippen molar-refractivity contribution in [3.63, 3.8) is 0 Å². The molecule has 0 saturated heterocycles. The van der Waals surface area contributed by atoms with Gasteiger partial charge in [0.15, 0.2) is 5.65 Å². The zero-order chi connectivity index (χ0) is 23.5. The van der Waals surface area contributed by atoms with E-state index < -0.39 is 6.04 Å². The molecule has 1 atom stereocenters. The lowest BCUT2D eigenvalue weighted by molar-refractivity contribution is -0.119. The summed E-state index contributed by atoms with van der Waals surface area (Å²) in [7, 11) is 0. The molecule has 2 aromatic carbocycles. The monoisotopic (exact) mass is 444 g/mol. The molecule has 2 aromatic heterocycles. The number of benzene rings is 2. The fraction of sp³-hybridized carbons (Fsp3) is 0.370. The predicted octanol–water partition coefficient (Wildman–Crippen LogP) is 5.45. The van der Waals surface area contributed by atoms with E-state index in [1.165, 1.54) is 5.56 Å². The number of aromatic nitrogens is 3. The molecular formula is C27H32N4O2. The summed E-state index contributed by atoms with van der Waals surface area (Å²) in [6, 6.07) is 15.2. The van der Waals surface area contributed by atoms with Crippen LogP contribution in [0, 0.1) is 6.92 Å². The molecule has 1 N–H and O–H groups in total. The summed E-state index contributed by atoms with van der Waals surface area (Å²) in [6.07, 6.45) is 4.14. The Kier molecular flexibility index (Phi) is 6.63. The Hall–Kier alpha value is -3.41. The Morgan fingerprint density at radius 3 is 2.52 bits per heavy atom. The van der Waals surface area contributed by atoms with Crippen LogP contribution in [0.2, 0.25) is 0 Å². The van der Waals surface area contributed by atoms with Crippen molar-refractivity contribution in [1.29, 1.82) is 0 Å². The Labute approximate surface area is 194 Å². The van der Waals surface area contributed by atoms with Crippen molar-refractivity contribution >= 4 is 28.1 Å². The first kappa shape index (κ1) is 22.8. The molecule has 0 fully saturated rings. The molecule has 4 rings (SSSR count). The molecule has 0 spiro atoms. The van der Waals surface area contributed by atoms with E-state index in [1.807, 2.05) is 52.5 Å². The molecule has 0 bridgehead atoms. The van der Waals surface area contributed by atoms with E-state index >= 15 is 0 Å². The molecule has 6 nitrogen and oxygen atoms in total. The van der Waals surface area contributed by atoms with Gasteiger partial charge in [0.2, 0.25) is 5.91 Å². The van der Waals surface area contributed by atoms with Crippen molar-refractivity contribution < 1.29 is 4.79 Å². The van der Waals surface area contributed by atoms with Crippen LogP contribution in [-0.2, 0) is 17.6 Å². The van der Waals surface area contributed by atoms with Gasteiger partial charge in [-0.1, -0.05) is 63.4 Å². The lowest BCUT2D eigenvalue weighted by Gasteiger charge is -2.22. The van der Waals surface area contributed by atoms with E-state index in [9.17, 15) is 9.59 Å². The quantitative estimate of drug-likeness (QED) is 0.393. The Balaban J connectivity index is 1.87. The molecule has 1 unspecified atom stereocenters. The van der Waals surface area contributed by atoms with Gasteiger partial charge in [-0.05, 0) is 49.9 Å². The maximum absolute atomic E-state index is 13.7. The number of hydrogen-bond acceptors (Lipinski definition) is 3. The van der Waals surface area contributed by atoms with Crippen LogP contribution in [-0.4, -0.2) is 20.1 Å². The summed E-state index contributed by atoms with van der Waals surface area (Å²) in [6.45, 7) is 8.31. The van der Waals surface area contributed by atoms with Crippen LogP contribution in [0.25, 0.3) is 16.6 Å². The molecule has 2 heterocycles. The standard InChI is InChI=1S/C27H32N4O2/c1-5-10-19-16-18(4)14-15-22(19)28-27(33)23(7-3)31-24-13-9-8-12-21(24)26-29-25(32)17-20(11-6-2)30(26)31/h8-9,12-17,23H,5-7,10-11H2,1-4H3,(H,28,33). The van der Waals surface area contributed by atoms with Gasteiger partial charge >= 0.3 is 0 Å². The van der Waals surface area contributed by atoms with Crippen molar-refractivity contribution in [2.45, 2.75) is 65.8 Å². The summed E-state index contributed by atoms with van der Waals surface area (Å²) in [5, 5.41) is 4.07. The highest BCUT2D eigenvalue weighted by molar-refractivity contribution is 5.98. The highest BCUT2D eigenvalue weighted by atomic mass is 16.2. The molecule has 6 heteroatoms. The van der Waals surface area contributed by atoms with Crippen molar-refractivity contribution in [2.24, 2.45) is 0 Å². The van der Waals surface area contributed by atoms with Crippen molar-refractivity contribution in [1.82, 2.24) is 14.2 Å². The average molecular weight is 445 g/mol. The zero-order valence-electron chi connectivity index (χ0n) is 19.9. The first-order valence-corrected chi connectivity index (χ1v) is 11.9. The fourth-order valence-electron chi connectivity index (χ4n) is 4.66. The molecule has 0 radical (unpaired) electrons. The number of amides is 1. The molecule has 33 heavy (non-hydrogen) atoms. The minimum Gasteiger partial charge on any atom is -0.324 e. The molecule has 0 aliphatic rings. The van der Waals surface area contributed by atoms with Crippen molar-refractivity contribution in [3.05, 3.63) is 75.7 Å². The molecule has 0 saturated carbocycles. The van der Waals surface area contributed by atoms with Crippen LogP contribution < -0.4 is 10.9 Å². The maximum atomic E-state index is 13.7. The Morgan fingerprint density at radius 1 is 1.03 bits per heavy atom. The average Bonchev–Trinajstić information content (AvgIpc) is 3.11. The lowest BCUT2D eigenvalue weighted by atomic mass is 10.0. The van der Waals surface area contributed by atoms with Crippen LogP contribution in [0.3, 0.4) is 0 Å². The smallest absolute Gasteiger partial charge is 0.273 e. The minimum absolute atomic E-state index is 0.0671. The predicted molar refractivity (Wildman–Crippen MR) is 134 cm³/mol. The number of nitrogens with one attached hydrogen (secondary N) is 1. The van der Waals surface area contributed by atoms with Crippen LogP contribution in [0.5, 0.6) is 0 Å². The third kappa shape index (κ3) is 4.30. The fourth-order valence-corrected chi connectivity index (χ4v) is 4.66. The summed E-state index contributed by atoms with van der Waals surface area (Å²) in [5.74, 6) is -0.0671. The van der Waals surface area contributed by atoms with Gasteiger partial charge in [-0.2, -0.15) is 4.98 Å². The van der Waals surface area contributed by atoms with Gasteiger partial charge in [0.25, 0.3) is 5.56 Å². The number of hydrogen-bond donors (Lipinski definition) is 1. The Morgan fingerprint density at radius 2 is 1.79 bits per heavy atom. The van der Waals surface area contributed by atoms with Crippen LogP contribution >= 0.6 is 0 Å². The second-order valence-electron chi connectivity index (χ2n) is 8.66. The van der Waals surface area contributed by atoms with Gasteiger partial charge in [0, 0.05) is 22.8 Å². The molecular weight excluding hydrogens is 412 g/mol. The summed E-state index contributed by atoms with van der Waals surface area (Å²) >= 11 is 0. The molecule has 0 aliphatic carbocycles. The number of aryl methyl sites for hydroxylation is 3. The second-order valence-corrected chi connectivity index (χ2v) is 8.66. The van der Waals surface area contributed by atoms with E-state index in [4.69, 9.17) is 0 Å². The van der Waals surface area contributed by atoms with Crippen LogP contribution in [0.15, 0.2) is 53.3 Å². The highest BCUT2D eigenvalue weighted by Gasteiger charge is 2.26. The van der Waals surface area contributed by atoms with Gasteiger partial charge in [-0.15, -0.1) is 0 Å². The molecule has 1 amide bonds. The second kappa shape index (κ2) is 9.61. The summed E-state index contributed by atoms with van der Waals surface area (Å²) in [5.41, 5.74) is 5.33. The maximum Gasteiger partial charge on any atom is 0.273 e. The third-order valence-corrected chi connectivity index (χ3v) is 6.11. The molecule has 172 valence electrons. The topological polar surface area (TPSA) is 68.4 Å². The number of carbonyl (C=O) groups is 1. The molecule has 4 aromatic rings. The van der Waals surface area contributed by atoms with Gasteiger partial charge in [0.05, 0.1) is 5.52 Å². The first-order valence-electron chi connectivity index (χ1n) is 11.9. The number of anilines is 1. The minimum atomic E-state index is -0.455. The third-order valence-electron chi connectivity index (χ3n) is 6.11. The SMILES string of the molecule is CCCc1cc(C)ccc1NC(=O)C(CC)n1c2ccccc2c2nc(=O)cc(CCC)n21. The number of para-hydroxylation sites is 1.